The SMILES string of the molecule is CCC1OC(=O)[C@H](C)C(O[C@H]2C[C@@](C)(OC)[C@@H](O[Si](C)(C)C)[C@H](C)O2)[C@H](C)[C@@H](O[C@@H]2O[C@H](C)C[C@H](N(C)C)[C@H]2O[Si](C)(C)C)[C@](C)(OC)C[C@@H](C)C(=O)[C@H](C)[C@@H](O)[C@]1(C)O. The summed E-state index contributed by atoms with van der Waals surface area (Å²) >= 11 is 0. The van der Waals surface area contributed by atoms with Gasteiger partial charge in [-0.3, -0.25) is 9.59 Å². The summed E-state index contributed by atoms with van der Waals surface area (Å²) < 4.78 is 59.9. The van der Waals surface area contributed by atoms with Crippen LogP contribution in [-0.2, 0) is 51.6 Å². The summed E-state index contributed by atoms with van der Waals surface area (Å²) in [6.45, 7) is 30.9. The molecule has 2 unspecified atom stereocenters. The molecule has 3 heterocycles. The summed E-state index contributed by atoms with van der Waals surface area (Å²) in [6, 6.07) is -0.0363. The zero-order chi connectivity index (χ0) is 46.1. The van der Waals surface area contributed by atoms with Gasteiger partial charge in [-0.15, -0.1) is 0 Å². The van der Waals surface area contributed by atoms with Gasteiger partial charge in [-0.1, -0.05) is 27.7 Å². The lowest BCUT2D eigenvalue weighted by Gasteiger charge is -2.51. The van der Waals surface area contributed by atoms with Crippen LogP contribution in [0.4, 0.5) is 0 Å². The average Bonchev–Trinajstić information content (AvgIpc) is 3.14. The Bertz CT molecular complexity index is 1410. The predicted octanol–water partition coefficient (Wildman–Crippen LogP) is 6.16. The number of methoxy groups -OCH3 is 2. The third-order valence-corrected chi connectivity index (χ3v) is 15.1. The molecule has 14 nitrogen and oxygen atoms in total. The van der Waals surface area contributed by atoms with Crippen molar-refractivity contribution in [1.29, 1.82) is 0 Å². The average molecular weight is 892 g/mol. The molecule has 3 rings (SSSR count). The van der Waals surface area contributed by atoms with Crippen LogP contribution in [0.5, 0.6) is 0 Å². The lowest BCUT2D eigenvalue weighted by molar-refractivity contribution is -0.316. The molecule has 0 spiro atoms. The number of cyclic esters (lactones) is 1. The van der Waals surface area contributed by atoms with Crippen LogP contribution >= 0.6 is 0 Å². The topological polar surface area (TPSA) is 161 Å². The molecule has 3 aliphatic heterocycles. The fourth-order valence-corrected chi connectivity index (χ4v) is 12.0. The molecule has 60 heavy (non-hydrogen) atoms. The third-order valence-electron chi connectivity index (χ3n) is 13.2. The van der Waals surface area contributed by atoms with Crippen molar-refractivity contribution in [1.82, 2.24) is 4.90 Å². The highest BCUT2D eigenvalue weighted by Crippen LogP contribution is 2.43. The number of nitrogens with zero attached hydrogens (tertiary/aromatic N) is 1. The molecule has 0 aromatic heterocycles. The van der Waals surface area contributed by atoms with Gasteiger partial charge in [-0.2, -0.15) is 0 Å². The summed E-state index contributed by atoms with van der Waals surface area (Å²) in [5, 5.41) is 23.4. The highest BCUT2D eigenvalue weighted by molar-refractivity contribution is 6.70. The number of esters is 1. The molecule has 0 aromatic rings. The van der Waals surface area contributed by atoms with Crippen LogP contribution in [0.2, 0.25) is 39.3 Å². The molecule has 0 saturated carbocycles. The Labute approximate surface area is 364 Å². The van der Waals surface area contributed by atoms with Gasteiger partial charge in [0.15, 0.2) is 29.2 Å². The van der Waals surface area contributed by atoms with Crippen LogP contribution in [0.1, 0.15) is 94.9 Å². The highest BCUT2D eigenvalue weighted by Gasteiger charge is 2.55. The van der Waals surface area contributed by atoms with Crippen molar-refractivity contribution >= 4 is 28.4 Å². The van der Waals surface area contributed by atoms with Gasteiger partial charge in [0.05, 0.1) is 53.7 Å². The lowest BCUT2D eigenvalue weighted by Crippen LogP contribution is -2.63. The predicted molar refractivity (Wildman–Crippen MR) is 235 cm³/mol. The maximum atomic E-state index is 14.5. The standard InChI is InChI=1S/C44H85NO13Si2/c1-21-32-44(10,49)37(47)27(4)34(46)25(2)23-42(8,50-13)38(56-41-36(57-59(15,16)17)31(45(11)12)22-26(3)52-41)28(5)35(29(6)40(48)54-32)55-33-24-43(9,51-14)39(30(7)53-33)58-60(18,19)20/h25-33,35-39,41,47,49H,21-24H2,1-20H3/t25-,26-,27+,28+,29-,30+,31+,32?,33+,35?,36-,37-,38-,39+,41+,42-,43-,44-/m1/s1. The summed E-state index contributed by atoms with van der Waals surface area (Å²) in [7, 11) is 3.10. The normalized spacial score (nSPS) is 44.7. The van der Waals surface area contributed by atoms with Crippen LogP contribution in [0, 0.1) is 23.7 Å². The summed E-state index contributed by atoms with van der Waals surface area (Å²) in [4.78, 5) is 30.9. The van der Waals surface area contributed by atoms with E-state index in [0.717, 1.165) is 6.42 Å². The number of hydrogen-bond acceptors (Lipinski definition) is 14. The molecule has 0 bridgehead atoms. The molecular formula is C44H85NO13Si2. The minimum atomic E-state index is -2.17. The van der Waals surface area contributed by atoms with E-state index in [2.05, 4.69) is 44.2 Å². The molecule has 352 valence electrons. The second-order valence-corrected chi connectivity index (χ2v) is 30.0. The van der Waals surface area contributed by atoms with Gasteiger partial charge in [0.25, 0.3) is 0 Å². The first-order valence-electron chi connectivity index (χ1n) is 22.2. The molecular weight excluding hydrogens is 807 g/mol. The quantitative estimate of drug-likeness (QED) is 0.169. The monoisotopic (exact) mass is 892 g/mol. The van der Waals surface area contributed by atoms with Gasteiger partial charge < -0.3 is 57.1 Å². The van der Waals surface area contributed by atoms with Crippen LogP contribution in [0.25, 0.3) is 0 Å². The fraction of sp³-hybridized carbons (Fsp3) is 0.955. The Kier molecular flexibility index (Phi) is 18.3. The first kappa shape index (κ1) is 53.5. The molecule has 0 aromatic carbocycles. The summed E-state index contributed by atoms with van der Waals surface area (Å²) in [5.74, 6) is -4.16. The molecule has 18 atom stereocenters. The molecule has 0 aliphatic carbocycles. The van der Waals surface area contributed by atoms with Gasteiger partial charge in [-0.05, 0) is 114 Å². The van der Waals surface area contributed by atoms with Crippen LogP contribution < -0.4 is 0 Å². The number of likely N-dealkylation sites (N-methyl/N-ethyl adjacent to an activating group) is 1. The minimum Gasteiger partial charge on any atom is -0.459 e. The number of Topliss-reactive ketones (excluding diaryl/α,β-unsaturated/α-hetero) is 1. The molecule has 3 fully saturated rings. The Morgan fingerprint density at radius 3 is 1.83 bits per heavy atom. The van der Waals surface area contributed by atoms with E-state index in [1.54, 1.807) is 41.9 Å². The second kappa shape index (κ2) is 20.5. The Balaban J connectivity index is 2.29. The van der Waals surface area contributed by atoms with Crippen LogP contribution in [0.3, 0.4) is 0 Å². The van der Waals surface area contributed by atoms with E-state index in [1.807, 2.05) is 48.7 Å². The van der Waals surface area contributed by atoms with E-state index in [0.29, 0.717) is 6.42 Å². The van der Waals surface area contributed by atoms with Gasteiger partial charge in [0, 0.05) is 44.4 Å². The number of ether oxygens (including phenoxy) is 7. The maximum absolute atomic E-state index is 14.5. The minimum absolute atomic E-state index is 0.0363. The molecule has 0 amide bonds. The van der Waals surface area contributed by atoms with Gasteiger partial charge >= 0.3 is 5.97 Å². The zero-order valence-corrected chi connectivity index (χ0v) is 42.8. The summed E-state index contributed by atoms with van der Waals surface area (Å²) in [5.41, 5.74) is -3.93. The van der Waals surface area contributed by atoms with Crippen LogP contribution in [0.15, 0.2) is 0 Å². The summed E-state index contributed by atoms with van der Waals surface area (Å²) in [6.07, 6.45) is -6.24. The van der Waals surface area contributed by atoms with Crippen molar-refractivity contribution in [2.75, 3.05) is 28.3 Å². The van der Waals surface area contributed by atoms with Crippen molar-refractivity contribution in [2.45, 2.75) is 218 Å². The van der Waals surface area contributed by atoms with Crippen LogP contribution in [-0.4, -0.2) is 156 Å². The van der Waals surface area contributed by atoms with Gasteiger partial charge in [0.1, 0.15) is 23.6 Å². The van der Waals surface area contributed by atoms with Gasteiger partial charge in [0.2, 0.25) is 0 Å². The first-order chi connectivity index (χ1) is 27.4. The molecule has 16 heteroatoms. The zero-order valence-electron chi connectivity index (χ0n) is 40.8. The Morgan fingerprint density at radius 2 is 1.33 bits per heavy atom. The number of aliphatic hydroxyl groups excluding tert-OH is 1. The van der Waals surface area contributed by atoms with E-state index in [-0.39, 0.29) is 36.9 Å². The molecule has 2 N–H and O–H groups in total. The van der Waals surface area contributed by atoms with Crippen molar-refractivity contribution in [3.8, 4) is 0 Å². The number of hydrogen-bond donors (Lipinski definition) is 2. The molecule has 3 aliphatic rings. The van der Waals surface area contributed by atoms with E-state index < -0.39 is 112 Å². The van der Waals surface area contributed by atoms with Crippen molar-refractivity contribution in [3.63, 3.8) is 0 Å². The van der Waals surface area contributed by atoms with E-state index >= 15 is 0 Å². The maximum Gasteiger partial charge on any atom is 0.311 e. The van der Waals surface area contributed by atoms with Crippen molar-refractivity contribution in [2.24, 2.45) is 23.7 Å². The third kappa shape index (κ3) is 12.7. The molecule has 0 radical (unpaired) electrons. The van der Waals surface area contributed by atoms with Crippen molar-refractivity contribution in [3.05, 3.63) is 0 Å². The lowest BCUT2D eigenvalue weighted by atomic mass is 9.74. The number of aliphatic hydroxyl groups is 2. The fourth-order valence-electron chi connectivity index (χ4n) is 9.69. The van der Waals surface area contributed by atoms with E-state index in [9.17, 15) is 19.8 Å². The Hall–Kier alpha value is -0.866. The smallest absolute Gasteiger partial charge is 0.311 e. The van der Waals surface area contributed by atoms with E-state index in [1.165, 1.54) is 6.92 Å². The first-order valence-corrected chi connectivity index (χ1v) is 29.1. The van der Waals surface area contributed by atoms with Gasteiger partial charge in [-0.25, -0.2) is 0 Å². The number of carbonyl (C=O) groups excluding carboxylic acids is 2. The van der Waals surface area contributed by atoms with Crippen molar-refractivity contribution < 1.29 is 61.8 Å². The number of ketones is 1. The number of carbonyl (C=O) groups is 2. The van der Waals surface area contributed by atoms with E-state index in [4.69, 9.17) is 42.0 Å². The second-order valence-electron chi connectivity index (χ2n) is 21.0. The molecule has 3 saturated heterocycles. The Morgan fingerprint density at radius 1 is 0.783 bits per heavy atom. The highest BCUT2D eigenvalue weighted by atomic mass is 28.4. The number of rotatable bonds is 12. The largest absolute Gasteiger partial charge is 0.459 e.